The maximum atomic E-state index is 11.8. The average molecular weight is 465 g/mol. The summed E-state index contributed by atoms with van der Waals surface area (Å²) in [6.45, 7) is 1.99. The molecule has 2 heterocycles. The molecule has 2 aromatic heterocycles. The number of anilines is 4. The van der Waals surface area contributed by atoms with E-state index in [0.29, 0.717) is 39.6 Å². The molecule has 0 bridgehead atoms. The molecule has 168 valence electrons. The predicted octanol–water partition coefficient (Wildman–Crippen LogP) is 4.95. The van der Waals surface area contributed by atoms with E-state index >= 15 is 0 Å². The molecule has 0 fully saturated rings. The minimum Gasteiger partial charge on any atom is -0.495 e. The van der Waals surface area contributed by atoms with E-state index in [4.69, 9.17) is 20.9 Å². The van der Waals surface area contributed by atoms with E-state index in [0.717, 1.165) is 16.7 Å². The van der Waals surface area contributed by atoms with Crippen molar-refractivity contribution in [2.45, 2.75) is 6.92 Å². The smallest absolute Gasteiger partial charge is 0.251 e. The number of benzene rings is 2. The first-order valence-corrected chi connectivity index (χ1v) is 10.3. The lowest BCUT2D eigenvalue weighted by Gasteiger charge is -2.15. The Balaban J connectivity index is 1.62. The van der Waals surface area contributed by atoms with Gasteiger partial charge in [0.15, 0.2) is 11.6 Å². The lowest BCUT2D eigenvalue weighted by Crippen LogP contribution is -2.17. The van der Waals surface area contributed by atoms with Crippen LogP contribution in [0.3, 0.4) is 0 Å². The lowest BCUT2D eigenvalue weighted by atomic mass is 9.98. The Morgan fingerprint density at radius 3 is 2.58 bits per heavy atom. The van der Waals surface area contributed by atoms with Crippen LogP contribution in [0.1, 0.15) is 15.9 Å². The number of aromatic nitrogens is 3. The van der Waals surface area contributed by atoms with Crippen LogP contribution in [0.5, 0.6) is 5.75 Å². The zero-order valence-corrected chi connectivity index (χ0v) is 18.9. The minimum atomic E-state index is -0.129. The van der Waals surface area contributed by atoms with Crippen molar-refractivity contribution in [3.8, 4) is 16.9 Å². The third-order valence-corrected chi connectivity index (χ3v) is 5.18. The van der Waals surface area contributed by atoms with Gasteiger partial charge in [0, 0.05) is 18.7 Å². The molecule has 4 aromatic rings. The maximum Gasteiger partial charge on any atom is 0.251 e. The molecule has 0 spiro atoms. The number of rotatable bonds is 7. The maximum absolute atomic E-state index is 11.8. The van der Waals surface area contributed by atoms with Crippen molar-refractivity contribution in [1.82, 2.24) is 20.4 Å². The number of hydrogen-bond acceptors (Lipinski definition) is 8. The van der Waals surface area contributed by atoms with Gasteiger partial charge in [-0.15, -0.1) is 0 Å². The topological polar surface area (TPSA) is 114 Å². The molecule has 0 saturated heterocycles. The Bertz CT molecular complexity index is 1280. The fraction of sp³-hybridized carbons (Fsp3) is 0.130. The first kappa shape index (κ1) is 22.1. The van der Waals surface area contributed by atoms with Crippen LogP contribution in [0.25, 0.3) is 11.1 Å². The van der Waals surface area contributed by atoms with Crippen LogP contribution in [0.15, 0.2) is 59.4 Å². The monoisotopic (exact) mass is 464 g/mol. The summed E-state index contributed by atoms with van der Waals surface area (Å²) in [5.74, 6) is 1.66. The van der Waals surface area contributed by atoms with Crippen molar-refractivity contribution >= 4 is 40.8 Å². The number of carbonyl (C=O) groups excluding carboxylic acids is 1. The second-order valence-electron chi connectivity index (χ2n) is 7.05. The van der Waals surface area contributed by atoms with Crippen molar-refractivity contribution < 1.29 is 14.1 Å². The number of ether oxygens (including phenoxy) is 1. The van der Waals surface area contributed by atoms with Gasteiger partial charge in [0.1, 0.15) is 17.0 Å². The van der Waals surface area contributed by atoms with Gasteiger partial charge in [0.2, 0.25) is 5.95 Å². The summed E-state index contributed by atoms with van der Waals surface area (Å²) in [7, 11) is 3.20. The molecule has 0 saturated carbocycles. The van der Waals surface area contributed by atoms with Gasteiger partial charge >= 0.3 is 0 Å². The van der Waals surface area contributed by atoms with Crippen LogP contribution in [-0.2, 0) is 0 Å². The molecule has 9 nitrogen and oxygen atoms in total. The van der Waals surface area contributed by atoms with Gasteiger partial charge < -0.3 is 25.2 Å². The second kappa shape index (κ2) is 9.58. The van der Waals surface area contributed by atoms with E-state index in [1.165, 1.54) is 12.5 Å². The third-order valence-electron chi connectivity index (χ3n) is 4.91. The first-order valence-electron chi connectivity index (χ1n) is 9.96. The van der Waals surface area contributed by atoms with Gasteiger partial charge in [-0.25, -0.2) is 4.98 Å². The fourth-order valence-corrected chi connectivity index (χ4v) is 3.38. The van der Waals surface area contributed by atoms with Crippen LogP contribution in [-0.4, -0.2) is 35.2 Å². The Hall–Kier alpha value is -4.11. The largest absolute Gasteiger partial charge is 0.495 e. The van der Waals surface area contributed by atoms with Crippen LogP contribution >= 0.6 is 11.6 Å². The Morgan fingerprint density at radius 1 is 1.12 bits per heavy atom. The zero-order chi connectivity index (χ0) is 23.4. The number of carbonyl (C=O) groups is 1. The molecule has 0 aliphatic carbocycles. The predicted molar refractivity (Wildman–Crippen MR) is 127 cm³/mol. The van der Waals surface area contributed by atoms with Crippen molar-refractivity contribution in [3.05, 3.63) is 71.1 Å². The third kappa shape index (κ3) is 4.88. The number of nitrogens with zero attached hydrogens (tertiary/aromatic N) is 3. The van der Waals surface area contributed by atoms with Gasteiger partial charge in [-0.2, -0.15) is 4.98 Å². The highest BCUT2D eigenvalue weighted by molar-refractivity contribution is 6.32. The molecule has 3 N–H and O–H groups in total. The highest BCUT2D eigenvalue weighted by atomic mass is 35.5. The molecule has 0 radical (unpaired) electrons. The van der Waals surface area contributed by atoms with Gasteiger partial charge in [-0.05, 0) is 47.9 Å². The van der Waals surface area contributed by atoms with Gasteiger partial charge in [-0.3, -0.25) is 4.79 Å². The quantitative estimate of drug-likeness (QED) is 0.352. The molecule has 2 aromatic carbocycles. The van der Waals surface area contributed by atoms with Crippen LogP contribution < -0.4 is 20.7 Å². The summed E-state index contributed by atoms with van der Waals surface area (Å²) >= 11 is 6.21. The van der Waals surface area contributed by atoms with E-state index in [1.807, 2.05) is 31.2 Å². The summed E-state index contributed by atoms with van der Waals surface area (Å²) in [5.41, 5.74) is 4.23. The second-order valence-corrected chi connectivity index (χ2v) is 7.46. The standard InChI is InChI=1S/C23H21ClN6O3/c1-13-10-18(27-23-26-12-17(24)21(29-23)28-20-8-9-33-30-20)19(32-3)11-16(13)14-4-6-15(7-5-14)22(31)25-2/h4-12H,1-3H3,(H,25,31)(H2,26,27,28,29,30). The molecule has 10 heteroatoms. The van der Waals surface area contributed by atoms with Gasteiger partial charge in [-0.1, -0.05) is 28.9 Å². The number of amides is 1. The van der Waals surface area contributed by atoms with Crippen molar-refractivity contribution in [2.75, 3.05) is 24.8 Å². The molecule has 0 aliphatic rings. The van der Waals surface area contributed by atoms with E-state index in [1.54, 1.807) is 32.4 Å². The summed E-state index contributed by atoms with van der Waals surface area (Å²) < 4.78 is 10.4. The number of methoxy groups -OCH3 is 1. The van der Waals surface area contributed by atoms with Crippen molar-refractivity contribution in [2.24, 2.45) is 0 Å². The number of nitrogens with one attached hydrogen (secondary N) is 3. The lowest BCUT2D eigenvalue weighted by molar-refractivity contribution is 0.0963. The molecule has 4 rings (SSSR count). The molecule has 33 heavy (non-hydrogen) atoms. The van der Waals surface area contributed by atoms with Gasteiger partial charge in [0.05, 0.1) is 19.0 Å². The number of aryl methyl sites for hydroxylation is 1. The number of halogens is 1. The van der Waals surface area contributed by atoms with E-state index in [9.17, 15) is 4.79 Å². The average Bonchev–Trinajstić information content (AvgIpc) is 3.34. The summed E-state index contributed by atoms with van der Waals surface area (Å²) in [5, 5.41) is 12.9. The number of hydrogen-bond donors (Lipinski definition) is 3. The van der Waals surface area contributed by atoms with E-state index in [2.05, 4.69) is 31.1 Å². The van der Waals surface area contributed by atoms with Crippen molar-refractivity contribution in [1.29, 1.82) is 0 Å². The highest BCUT2D eigenvalue weighted by Crippen LogP contribution is 2.35. The first-order chi connectivity index (χ1) is 16.0. The normalized spacial score (nSPS) is 10.5. The minimum absolute atomic E-state index is 0.129. The molecule has 0 aliphatic heterocycles. The summed E-state index contributed by atoms with van der Waals surface area (Å²) in [4.78, 5) is 20.5. The van der Waals surface area contributed by atoms with Crippen molar-refractivity contribution in [3.63, 3.8) is 0 Å². The van der Waals surface area contributed by atoms with E-state index < -0.39 is 0 Å². The fourth-order valence-electron chi connectivity index (χ4n) is 3.24. The van der Waals surface area contributed by atoms with Crippen LogP contribution in [0.4, 0.5) is 23.3 Å². The van der Waals surface area contributed by atoms with Gasteiger partial charge in [0.25, 0.3) is 5.91 Å². The van der Waals surface area contributed by atoms with Crippen LogP contribution in [0.2, 0.25) is 5.02 Å². The molecule has 0 atom stereocenters. The Morgan fingerprint density at radius 2 is 1.91 bits per heavy atom. The molecule has 0 unspecified atom stereocenters. The summed E-state index contributed by atoms with van der Waals surface area (Å²) in [6.07, 6.45) is 2.93. The van der Waals surface area contributed by atoms with Crippen LogP contribution in [0, 0.1) is 6.92 Å². The zero-order valence-electron chi connectivity index (χ0n) is 18.1. The Kier molecular flexibility index (Phi) is 6.41. The summed E-state index contributed by atoms with van der Waals surface area (Å²) in [6, 6.07) is 12.9. The molecule has 1 amide bonds. The highest BCUT2D eigenvalue weighted by Gasteiger charge is 2.14. The Labute approximate surface area is 195 Å². The SMILES string of the molecule is CNC(=O)c1ccc(-c2cc(OC)c(Nc3ncc(Cl)c(Nc4ccon4)n3)cc2C)cc1. The molecular weight excluding hydrogens is 444 g/mol. The van der Waals surface area contributed by atoms with E-state index in [-0.39, 0.29) is 5.91 Å². The molecular formula is C23H21ClN6O3.